The molecule has 1 aromatic heterocycles. The average Bonchev–Trinajstić information content (AvgIpc) is 3.24. The van der Waals surface area contributed by atoms with Crippen LogP contribution in [-0.4, -0.2) is 29.4 Å². The van der Waals surface area contributed by atoms with Gasteiger partial charge in [0.25, 0.3) is 5.91 Å². The van der Waals surface area contributed by atoms with E-state index in [1.54, 1.807) is 19.4 Å². The van der Waals surface area contributed by atoms with Crippen molar-refractivity contribution in [2.24, 2.45) is 5.10 Å². The first-order valence-electron chi connectivity index (χ1n) is 6.79. The van der Waals surface area contributed by atoms with Gasteiger partial charge in [-0.25, -0.2) is 5.43 Å². The summed E-state index contributed by atoms with van der Waals surface area (Å²) in [4.78, 5) is 11.9. The van der Waals surface area contributed by atoms with Gasteiger partial charge in [-0.15, -0.1) is 0 Å². The smallest absolute Gasteiger partial charge is 0.291 e. The van der Waals surface area contributed by atoms with Crippen molar-refractivity contribution >= 4 is 12.1 Å². The van der Waals surface area contributed by atoms with Crippen LogP contribution in [0.2, 0.25) is 0 Å². The van der Waals surface area contributed by atoms with Gasteiger partial charge in [0, 0.05) is 11.6 Å². The molecule has 2 aromatic rings. The molecule has 21 heavy (non-hydrogen) atoms. The number of hydrogen-bond donors (Lipinski definition) is 2. The van der Waals surface area contributed by atoms with Gasteiger partial charge in [-0.05, 0) is 36.6 Å². The third-order valence-corrected chi connectivity index (χ3v) is 3.32. The molecule has 6 heteroatoms. The number of benzene rings is 1. The van der Waals surface area contributed by atoms with E-state index in [9.17, 15) is 4.79 Å². The number of H-pyrrole nitrogens is 1. The summed E-state index contributed by atoms with van der Waals surface area (Å²) >= 11 is 0. The number of methoxy groups -OCH3 is 1. The minimum absolute atomic E-state index is 0.322. The van der Waals surface area contributed by atoms with E-state index in [-0.39, 0.29) is 5.91 Å². The van der Waals surface area contributed by atoms with Gasteiger partial charge in [-0.2, -0.15) is 10.2 Å². The third kappa shape index (κ3) is 3.28. The lowest BCUT2D eigenvalue weighted by molar-refractivity contribution is 0.0950. The van der Waals surface area contributed by atoms with E-state index in [1.165, 1.54) is 0 Å². The number of rotatable bonds is 5. The minimum Gasteiger partial charge on any atom is -0.497 e. The summed E-state index contributed by atoms with van der Waals surface area (Å²) in [6, 6.07) is 9.19. The van der Waals surface area contributed by atoms with E-state index in [4.69, 9.17) is 4.74 Å². The summed E-state index contributed by atoms with van der Waals surface area (Å²) in [5.74, 6) is 0.961. The molecule has 1 aromatic carbocycles. The zero-order valence-corrected chi connectivity index (χ0v) is 11.7. The van der Waals surface area contributed by atoms with Crippen molar-refractivity contribution in [1.29, 1.82) is 0 Å². The topological polar surface area (TPSA) is 79.4 Å². The molecule has 1 saturated carbocycles. The number of aromatic nitrogens is 2. The second-order valence-corrected chi connectivity index (χ2v) is 4.96. The van der Waals surface area contributed by atoms with Crippen LogP contribution in [-0.2, 0) is 0 Å². The first-order valence-corrected chi connectivity index (χ1v) is 6.79. The Labute approximate surface area is 122 Å². The number of hydrazone groups is 1. The van der Waals surface area contributed by atoms with Gasteiger partial charge in [0.2, 0.25) is 0 Å². The zero-order chi connectivity index (χ0) is 14.7. The molecule has 1 heterocycles. The van der Waals surface area contributed by atoms with E-state index >= 15 is 0 Å². The van der Waals surface area contributed by atoms with Crippen molar-refractivity contribution in [3.8, 4) is 5.75 Å². The number of nitrogens with one attached hydrogen (secondary N) is 2. The van der Waals surface area contributed by atoms with Gasteiger partial charge in [0.15, 0.2) is 5.69 Å². The molecule has 1 aliphatic carbocycles. The number of hydrogen-bond acceptors (Lipinski definition) is 4. The molecule has 0 aliphatic heterocycles. The molecule has 0 unspecified atom stereocenters. The van der Waals surface area contributed by atoms with E-state index in [0.29, 0.717) is 11.6 Å². The van der Waals surface area contributed by atoms with Crippen LogP contribution >= 0.6 is 0 Å². The highest BCUT2D eigenvalue weighted by atomic mass is 16.5. The maximum absolute atomic E-state index is 11.9. The van der Waals surface area contributed by atoms with Crippen LogP contribution < -0.4 is 10.2 Å². The highest BCUT2D eigenvalue weighted by molar-refractivity contribution is 5.93. The Bertz CT molecular complexity index is 674. The summed E-state index contributed by atoms with van der Waals surface area (Å²) in [5.41, 5.74) is 4.69. The van der Waals surface area contributed by atoms with Gasteiger partial charge < -0.3 is 4.74 Å². The lowest BCUT2D eigenvalue weighted by Crippen LogP contribution is -2.18. The van der Waals surface area contributed by atoms with E-state index in [2.05, 4.69) is 20.7 Å². The SMILES string of the molecule is COc1cccc(C=NNC(=O)c2cc(C3CC3)[nH]n2)c1. The molecule has 108 valence electrons. The number of amides is 1. The molecule has 2 N–H and O–H groups in total. The van der Waals surface area contributed by atoms with Gasteiger partial charge >= 0.3 is 0 Å². The Hall–Kier alpha value is -2.63. The number of nitrogens with zero attached hydrogens (tertiary/aromatic N) is 2. The summed E-state index contributed by atoms with van der Waals surface area (Å²) < 4.78 is 5.12. The largest absolute Gasteiger partial charge is 0.497 e. The Morgan fingerprint density at radius 1 is 1.48 bits per heavy atom. The van der Waals surface area contributed by atoms with Crippen LogP contribution in [0.3, 0.4) is 0 Å². The lowest BCUT2D eigenvalue weighted by atomic mass is 10.2. The predicted octanol–water partition coefficient (Wildman–Crippen LogP) is 2.06. The summed E-state index contributed by atoms with van der Waals surface area (Å²) in [7, 11) is 1.60. The van der Waals surface area contributed by atoms with Gasteiger partial charge in [0.05, 0.1) is 13.3 Å². The standard InChI is InChI=1S/C15H16N4O2/c1-21-12-4-2-3-10(7-12)9-16-19-15(20)14-8-13(17-18-14)11-5-6-11/h2-4,7-9,11H,5-6H2,1H3,(H,17,18)(H,19,20). The fraction of sp³-hybridized carbons (Fsp3) is 0.267. The maximum atomic E-state index is 11.9. The van der Waals surface area contributed by atoms with Crippen LogP contribution in [0, 0.1) is 0 Å². The highest BCUT2D eigenvalue weighted by Crippen LogP contribution is 2.38. The molecule has 3 rings (SSSR count). The fourth-order valence-corrected chi connectivity index (χ4v) is 2.00. The second-order valence-electron chi connectivity index (χ2n) is 4.96. The summed E-state index contributed by atoms with van der Waals surface area (Å²) in [6.45, 7) is 0. The van der Waals surface area contributed by atoms with Crippen molar-refractivity contribution in [2.45, 2.75) is 18.8 Å². The van der Waals surface area contributed by atoms with E-state index in [0.717, 1.165) is 29.8 Å². The highest BCUT2D eigenvalue weighted by Gasteiger charge is 2.26. The van der Waals surface area contributed by atoms with Crippen LogP contribution in [0.15, 0.2) is 35.4 Å². The minimum atomic E-state index is -0.322. The van der Waals surface area contributed by atoms with Gasteiger partial charge in [-0.1, -0.05) is 12.1 Å². The number of ether oxygens (including phenoxy) is 1. The van der Waals surface area contributed by atoms with Crippen LogP contribution in [0.25, 0.3) is 0 Å². The molecule has 0 bridgehead atoms. The first kappa shape index (κ1) is 13.4. The molecule has 0 spiro atoms. The Morgan fingerprint density at radius 3 is 3.10 bits per heavy atom. The van der Waals surface area contributed by atoms with Gasteiger partial charge in [-0.3, -0.25) is 9.89 Å². The van der Waals surface area contributed by atoms with Crippen molar-refractivity contribution in [3.05, 3.63) is 47.3 Å². The second kappa shape index (κ2) is 5.78. The van der Waals surface area contributed by atoms with Crippen LogP contribution in [0.1, 0.15) is 40.5 Å². The molecule has 1 amide bonds. The maximum Gasteiger partial charge on any atom is 0.291 e. The third-order valence-electron chi connectivity index (χ3n) is 3.32. The Balaban J connectivity index is 1.60. The average molecular weight is 284 g/mol. The van der Waals surface area contributed by atoms with Crippen molar-refractivity contribution in [3.63, 3.8) is 0 Å². The van der Waals surface area contributed by atoms with E-state index in [1.807, 2.05) is 24.3 Å². The molecule has 1 fully saturated rings. The van der Waals surface area contributed by atoms with Crippen molar-refractivity contribution in [1.82, 2.24) is 15.6 Å². The molecular formula is C15H16N4O2. The lowest BCUT2D eigenvalue weighted by Gasteiger charge is -1.99. The van der Waals surface area contributed by atoms with Gasteiger partial charge in [0.1, 0.15) is 5.75 Å². The quantitative estimate of drug-likeness (QED) is 0.651. The molecule has 1 aliphatic rings. The zero-order valence-electron chi connectivity index (χ0n) is 11.7. The van der Waals surface area contributed by atoms with E-state index < -0.39 is 0 Å². The Kier molecular flexibility index (Phi) is 3.68. The van der Waals surface area contributed by atoms with Crippen LogP contribution in [0.5, 0.6) is 5.75 Å². The number of carbonyl (C=O) groups is 1. The number of aromatic amines is 1. The van der Waals surface area contributed by atoms with Crippen molar-refractivity contribution in [2.75, 3.05) is 7.11 Å². The first-order chi connectivity index (χ1) is 10.3. The molecule has 0 atom stereocenters. The Morgan fingerprint density at radius 2 is 2.33 bits per heavy atom. The number of carbonyl (C=O) groups excluding carboxylic acids is 1. The summed E-state index contributed by atoms with van der Waals surface area (Å²) in [5, 5.41) is 10.8. The predicted molar refractivity (Wildman–Crippen MR) is 78.6 cm³/mol. The summed E-state index contributed by atoms with van der Waals surface area (Å²) in [6.07, 6.45) is 3.89. The molecule has 0 radical (unpaired) electrons. The van der Waals surface area contributed by atoms with Crippen molar-refractivity contribution < 1.29 is 9.53 Å². The molecular weight excluding hydrogens is 268 g/mol. The molecule has 6 nitrogen and oxygen atoms in total. The monoisotopic (exact) mass is 284 g/mol. The fourth-order valence-electron chi connectivity index (χ4n) is 2.00. The normalized spacial score (nSPS) is 14.3. The molecule has 0 saturated heterocycles. The van der Waals surface area contributed by atoms with Crippen LogP contribution in [0.4, 0.5) is 0 Å².